The van der Waals surface area contributed by atoms with Crippen molar-refractivity contribution in [1.82, 2.24) is 0 Å². The number of nitrogens with zero attached hydrogens (tertiary/aromatic N) is 1. The standard InChI is InChI=1S/C27H35NO4/c1-4-6-7-8-9-10-14-26(29)28(3)24-13-11-12-23(20-24)22-17-15-21(16-18-22)19-25(27(30)31)32-5-2/h11-13,15-20H,4-10,14H2,1-3H3,(H,30,31)/b25-19-. The summed E-state index contributed by atoms with van der Waals surface area (Å²) in [5.41, 5.74) is 3.61. The Hall–Kier alpha value is -3.08. The van der Waals surface area contributed by atoms with Crippen molar-refractivity contribution in [3.05, 3.63) is 59.9 Å². The smallest absolute Gasteiger partial charge is 0.371 e. The number of carbonyl (C=O) groups is 2. The molecule has 0 spiro atoms. The second kappa shape index (κ2) is 13.4. The normalized spacial score (nSPS) is 11.3. The van der Waals surface area contributed by atoms with E-state index in [1.807, 2.05) is 55.6 Å². The van der Waals surface area contributed by atoms with Crippen LogP contribution in [-0.2, 0) is 14.3 Å². The van der Waals surface area contributed by atoms with Crippen LogP contribution in [0.1, 0.15) is 64.4 Å². The largest absolute Gasteiger partial charge is 0.487 e. The van der Waals surface area contributed by atoms with Crippen molar-refractivity contribution in [2.75, 3.05) is 18.6 Å². The fraction of sp³-hybridized carbons (Fsp3) is 0.407. The Labute approximate surface area is 191 Å². The van der Waals surface area contributed by atoms with Crippen LogP contribution in [0, 0.1) is 0 Å². The monoisotopic (exact) mass is 437 g/mol. The molecular weight excluding hydrogens is 402 g/mol. The molecule has 0 bridgehead atoms. The van der Waals surface area contributed by atoms with Crippen LogP contribution in [0.5, 0.6) is 0 Å². The van der Waals surface area contributed by atoms with E-state index < -0.39 is 5.97 Å². The number of hydrogen-bond acceptors (Lipinski definition) is 3. The lowest BCUT2D eigenvalue weighted by atomic mass is 10.0. The third kappa shape index (κ3) is 7.88. The van der Waals surface area contributed by atoms with Gasteiger partial charge in [-0.2, -0.15) is 0 Å². The molecule has 0 unspecified atom stereocenters. The van der Waals surface area contributed by atoms with Crippen molar-refractivity contribution in [3.8, 4) is 11.1 Å². The van der Waals surface area contributed by atoms with Crippen LogP contribution in [-0.4, -0.2) is 30.6 Å². The molecule has 172 valence electrons. The Morgan fingerprint density at radius 3 is 2.28 bits per heavy atom. The second-order valence-electron chi connectivity index (χ2n) is 7.89. The highest BCUT2D eigenvalue weighted by Gasteiger charge is 2.12. The topological polar surface area (TPSA) is 66.8 Å². The lowest BCUT2D eigenvalue weighted by molar-refractivity contribution is -0.136. The predicted molar refractivity (Wildman–Crippen MR) is 131 cm³/mol. The van der Waals surface area contributed by atoms with E-state index in [9.17, 15) is 14.7 Å². The lowest BCUT2D eigenvalue weighted by Gasteiger charge is -2.18. The quantitative estimate of drug-likeness (QED) is 0.220. The molecule has 2 aromatic carbocycles. The molecule has 1 N–H and O–H groups in total. The molecule has 0 aliphatic carbocycles. The zero-order valence-corrected chi connectivity index (χ0v) is 19.5. The molecule has 0 saturated carbocycles. The van der Waals surface area contributed by atoms with E-state index in [1.54, 1.807) is 11.8 Å². The highest BCUT2D eigenvalue weighted by atomic mass is 16.5. The molecule has 0 aliphatic heterocycles. The number of carboxylic acid groups (broad SMARTS) is 1. The van der Waals surface area contributed by atoms with Crippen LogP contribution in [0.25, 0.3) is 17.2 Å². The summed E-state index contributed by atoms with van der Waals surface area (Å²) in [6.45, 7) is 4.26. The third-order valence-electron chi connectivity index (χ3n) is 5.40. The minimum absolute atomic E-state index is 0.0762. The van der Waals surface area contributed by atoms with Gasteiger partial charge in [-0.05, 0) is 48.2 Å². The van der Waals surface area contributed by atoms with Gasteiger partial charge >= 0.3 is 5.97 Å². The molecule has 0 aliphatic rings. The Balaban J connectivity index is 2.03. The number of anilines is 1. The summed E-state index contributed by atoms with van der Waals surface area (Å²) in [7, 11) is 1.83. The molecule has 2 rings (SSSR count). The molecule has 0 saturated heterocycles. The van der Waals surface area contributed by atoms with E-state index in [0.29, 0.717) is 13.0 Å². The Kier molecular flexibility index (Phi) is 10.5. The molecule has 0 atom stereocenters. The summed E-state index contributed by atoms with van der Waals surface area (Å²) < 4.78 is 5.16. The molecule has 5 heteroatoms. The van der Waals surface area contributed by atoms with Crippen LogP contribution in [0.15, 0.2) is 54.3 Å². The maximum atomic E-state index is 12.6. The minimum atomic E-state index is -1.09. The van der Waals surface area contributed by atoms with E-state index in [4.69, 9.17) is 4.74 Å². The Morgan fingerprint density at radius 1 is 0.938 bits per heavy atom. The molecule has 0 heterocycles. The maximum absolute atomic E-state index is 12.6. The van der Waals surface area contributed by atoms with Gasteiger partial charge in [0.2, 0.25) is 11.7 Å². The molecule has 1 amide bonds. The van der Waals surface area contributed by atoms with Gasteiger partial charge in [0.05, 0.1) is 6.61 Å². The summed E-state index contributed by atoms with van der Waals surface area (Å²) >= 11 is 0. The van der Waals surface area contributed by atoms with Gasteiger partial charge in [0.1, 0.15) is 0 Å². The summed E-state index contributed by atoms with van der Waals surface area (Å²) in [6.07, 6.45) is 9.07. The summed E-state index contributed by atoms with van der Waals surface area (Å²) in [4.78, 5) is 25.6. The van der Waals surface area contributed by atoms with Crippen LogP contribution in [0.3, 0.4) is 0 Å². The van der Waals surface area contributed by atoms with Gasteiger partial charge in [0.25, 0.3) is 0 Å². The molecule has 0 radical (unpaired) electrons. The van der Waals surface area contributed by atoms with Gasteiger partial charge in [-0.3, -0.25) is 4.79 Å². The van der Waals surface area contributed by atoms with E-state index >= 15 is 0 Å². The summed E-state index contributed by atoms with van der Waals surface area (Å²) in [5, 5.41) is 9.20. The first-order valence-electron chi connectivity index (χ1n) is 11.5. The van der Waals surface area contributed by atoms with Crippen molar-refractivity contribution < 1.29 is 19.4 Å². The number of carbonyl (C=O) groups excluding carboxylic acids is 1. The van der Waals surface area contributed by atoms with Gasteiger partial charge in [0.15, 0.2) is 0 Å². The van der Waals surface area contributed by atoms with Gasteiger partial charge in [-0.15, -0.1) is 0 Å². The van der Waals surface area contributed by atoms with Gasteiger partial charge < -0.3 is 14.7 Å². The third-order valence-corrected chi connectivity index (χ3v) is 5.40. The lowest BCUT2D eigenvalue weighted by Crippen LogP contribution is -2.25. The summed E-state index contributed by atoms with van der Waals surface area (Å²) in [5.74, 6) is -1.03. The first-order valence-corrected chi connectivity index (χ1v) is 11.5. The number of ether oxygens (including phenoxy) is 1. The highest BCUT2D eigenvalue weighted by molar-refractivity contribution is 5.93. The average Bonchev–Trinajstić information content (AvgIpc) is 2.81. The first-order chi connectivity index (χ1) is 15.5. The number of rotatable bonds is 13. The molecule has 0 aromatic heterocycles. The number of hydrogen-bond donors (Lipinski definition) is 1. The number of aliphatic carboxylic acids is 1. The molecule has 0 fully saturated rings. The number of carboxylic acids is 1. The van der Waals surface area contributed by atoms with E-state index in [0.717, 1.165) is 35.2 Å². The van der Waals surface area contributed by atoms with Gasteiger partial charge in [-0.1, -0.05) is 75.4 Å². The zero-order chi connectivity index (χ0) is 23.3. The van der Waals surface area contributed by atoms with Crippen LogP contribution in [0.4, 0.5) is 5.69 Å². The van der Waals surface area contributed by atoms with Crippen LogP contribution < -0.4 is 4.90 Å². The second-order valence-corrected chi connectivity index (χ2v) is 7.89. The van der Waals surface area contributed by atoms with Crippen LogP contribution >= 0.6 is 0 Å². The maximum Gasteiger partial charge on any atom is 0.371 e. The van der Waals surface area contributed by atoms with E-state index in [-0.39, 0.29) is 11.7 Å². The molecular formula is C27H35NO4. The number of amides is 1. The zero-order valence-electron chi connectivity index (χ0n) is 19.5. The van der Waals surface area contributed by atoms with Crippen molar-refractivity contribution in [1.29, 1.82) is 0 Å². The minimum Gasteiger partial charge on any atom is -0.487 e. The molecule has 2 aromatic rings. The van der Waals surface area contributed by atoms with Gasteiger partial charge in [-0.25, -0.2) is 4.79 Å². The Morgan fingerprint density at radius 2 is 1.62 bits per heavy atom. The fourth-order valence-electron chi connectivity index (χ4n) is 3.51. The average molecular weight is 438 g/mol. The van der Waals surface area contributed by atoms with E-state index in [1.165, 1.54) is 31.8 Å². The van der Waals surface area contributed by atoms with Gasteiger partial charge in [0, 0.05) is 19.2 Å². The number of benzene rings is 2. The van der Waals surface area contributed by atoms with Crippen molar-refractivity contribution in [3.63, 3.8) is 0 Å². The predicted octanol–water partition coefficient (Wildman–Crippen LogP) is 6.53. The SMILES string of the molecule is CCCCCCCCC(=O)N(C)c1cccc(-c2ccc(/C=C(\OCC)C(=O)O)cc2)c1. The molecule has 5 nitrogen and oxygen atoms in total. The van der Waals surface area contributed by atoms with Crippen molar-refractivity contribution in [2.24, 2.45) is 0 Å². The van der Waals surface area contributed by atoms with Crippen molar-refractivity contribution in [2.45, 2.75) is 58.8 Å². The van der Waals surface area contributed by atoms with E-state index in [2.05, 4.69) is 6.92 Å². The number of unbranched alkanes of at least 4 members (excludes halogenated alkanes) is 5. The van der Waals surface area contributed by atoms with Crippen LogP contribution in [0.2, 0.25) is 0 Å². The highest BCUT2D eigenvalue weighted by Crippen LogP contribution is 2.26. The summed E-state index contributed by atoms with van der Waals surface area (Å²) in [6, 6.07) is 15.5. The Bertz CT molecular complexity index is 902. The molecule has 32 heavy (non-hydrogen) atoms. The first kappa shape index (κ1) is 25.2. The fourth-order valence-corrected chi connectivity index (χ4v) is 3.51. The van der Waals surface area contributed by atoms with Crippen molar-refractivity contribution >= 4 is 23.6 Å².